The van der Waals surface area contributed by atoms with E-state index < -0.39 is 0 Å². The normalized spacial score (nSPS) is 48.8. The van der Waals surface area contributed by atoms with Crippen LogP contribution in [0.25, 0.3) is 0 Å². The Morgan fingerprint density at radius 3 is 2.43 bits per heavy atom. The summed E-state index contributed by atoms with van der Waals surface area (Å²) < 4.78 is 0. The van der Waals surface area contributed by atoms with E-state index in [0.29, 0.717) is 10.8 Å². The van der Waals surface area contributed by atoms with Gasteiger partial charge in [0.25, 0.3) is 0 Å². The van der Waals surface area contributed by atoms with E-state index >= 15 is 0 Å². The molecular formula is C27H46O. The first kappa shape index (κ1) is 21.0. The fourth-order valence-electron chi connectivity index (χ4n) is 8.59. The average molecular weight is 387 g/mol. The molecule has 0 aromatic rings. The van der Waals surface area contributed by atoms with Crippen LogP contribution in [-0.2, 0) is 0 Å². The Hall–Kier alpha value is -0.300. The van der Waals surface area contributed by atoms with Crippen LogP contribution in [0.4, 0.5) is 0 Å². The Balaban J connectivity index is 1.47. The molecular weight excluding hydrogens is 340 g/mol. The molecule has 4 rings (SSSR count). The van der Waals surface area contributed by atoms with Crippen LogP contribution in [0.3, 0.4) is 0 Å². The first-order valence-corrected chi connectivity index (χ1v) is 12.6. The largest absolute Gasteiger partial charge is 0.393 e. The molecule has 1 N–H and O–H groups in total. The van der Waals surface area contributed by atoms with Crippen LogP contribution in [0.1, 0.15) is 98.8 Å². The first-order chi connectivity index (χ1) is 13.3. The van der Waals surface area contributed by atoms with Crippen molar-refractivity contribution < 1.29 is 5.11 Å². The van der Waals surface area contributed by atoms with Crippen molar-refractivity contribution in [3.05, 3.63) is 12.2 Å². The fraction of sp³-hybridized carbons (Fsp3) is 0.926. The van der Waals surface area contributed by atoms with Crippen molar-refractivity contribution in [2.45, 2.75) is 105 Å². The second-order valence-corrected chi connectivity index (χ2v) is 12.3. The second kappa shape index (κ2) is 7.75. The Morgan fingerprint density at radius 2 is 1.68 bits per heavy atom. The Kier molecular flexibility index (Phi) is 5.80. The standard InChI is InChI=1S/C27H46O/c1-18(2)7-6-8-19(3)23-11-12-24-22-10-9-20-17-21(28)13-15-26(20,4)25(22)14-16-27(23,24)5/h11-12,18-25,28H,6-10,13-17H2,1-5H3/t19-,20?,21+,22+,23-,24+,25+,26+,27-/m1/s1. The molecule has 4 aliphatic rings. The van der Waals surface area contributed by atoms with E-state index in [-0.39, 0.29) is 6.10 Å². The molecule has 3 fully saturated rings. The zero-order valence-corrected chi connectivity index (χ0v) is 19.3. The van der Waals surface area contributed by atoms with Gasteiger partial charge in [-0.05, 0) is 97.2 Å². The maximum Gasteiger partial charge on any atom is 0.0543 e. The molecule has 160 valence electrons. The molecule has 0 bridgehead atoms. The number of aliphatic hydroxyl groups is 1. The monoisotopic (exact) mass is 386 g/mol. The van der Waals surface area contributed by atoms with E-state index in [9.17, 15) is 5.11 Å². The molecule has 1 heteroatoms. The molecule has 1 unspecified atom stereocenters. The SMILES string of the molecule is CC(C)CCC[C@@H](C)[C@H]1C=C[C@H]2[C@@H]3CCC4C[C@@H](O)CC[C@]4(C)[C@H]3CC[C@]12C. The molecule has 0 aliphatic heterocycles. The van der Waals surface area contributed by atoms with Gasteiger partial charge in [0.2, 0.25) is 0 Å². The minimum absolute atomic E-state index is 0.0223. The van der Waals surface area contributed by atoms with Crippen LogP contribution >= 0.6 is 0 Å². The molecule has 0 saturated heterocycles. The van der Waals surface area contributed by atoms with Gasteiger partial charge in [-0.3, -0.25) is 0 Å². The van der Waals surface area contributed by atoms with Crippen LogP contribution in [0.15, 0.2) is 12.2 Å². The summed E-state index contributed by atoms with van der Waals surface area (Å²) in [6.45, 7) is 12.5. The molecule has 0 radical (unpaired) electrons. The van der Waals surface area contributed by atoms with Crippen LogP contribution < -0.4 is 0 Å². The lowest BCUT2D eigenvalue weighted by Gasteiger charge is -2.61. The van der Waals surface area contributed by atoms with Crippen molar-refractivity contribution in [3.8, 4) is 0 Å². The van der Waals surface area contributed by atoms with Gasteiger partial charge in [0.05, 0.1) is 6.10 Å². The molecule has 3 saturated carbocycles. The van der Waals surface area contributed by atoms with Crippen molar-refractivity contribution in [2.75, 3.05) is 0 Å². The summed E-state index contributed by atoms with van der Waals surface area (Å²) in [5.41, 5.74) is 1.01. The van der Waals surface area contributed by atoms with Crippen LogP contribution in [0.2, 0.25) is 0 Å². The molecule has 28 heavy (non-hydrogen) atoms. The van der Waals surface area contributed by atoms with Crippen LogP contribution in [0.5, 0.6) is 0 Å². The third kappa shape index (κ3) is 3.42. The average Bonchev–Trinajstić information content (AvgIpc) is 2.99. The van der Waals surface area contributed by atoms with Gasteiger partial charge in [-0.15, -0.1) is 0 Å². The highest BCUT2D eigenvalue weighted by molar-refractivity contribution is 5.19. The summed E-state index contributed by atoms with van der Waals surface area (Å²) in [5.74, 6) is 5.86. The van der Waals surface area contributed by atoms with Gasteiger partial charge in [0, 0.05) is 0 Å². The summed E-state index contributed by atoms with van der Waals surface area (Å²) in [6, 6.07) is 0. The third-order valence-electron chi connectivity index (χ3n) is 10.3. The number of hydrogen-bond donors (Lipinski definition) is 1. The lowest BCUT2D eigenvalue weighted by Crippen LogP contribution is -2.54. The summed E-state index contributed by atoms with van der Waals surface area (Å²) in [6.07, 6.45) is 18.5. The molecule has 0 spiro atoms. The van der Waals surface area contributed by atoms with Gasteiger partial charge in [-0.1, -0.05) is 66.0 Å². The number of aliphatic hydroxyl groups excluding tert-OH is 1. The summed E-state index contributed by atoms with van der Waals surface area (Å²) >= 11 is 0. The number of hydrogen-bond acceptors (Lipinski definition) is 1. The molecule has 0 amide bonds. The number of fused-ring (bicyclic) bond motifs is 5. The smallest absolute Gasteiger partial charge is 0.0543 e. The highest BCUT2D eigenvalue weighted by Gasteiger charge is 2.59. The predicted octanol–water partition coefficient (Wildman–Crippen LogP) is 7.24. The lowest BCUT2D eigenvalue weighted by molar-refractivity contribution is -0.123. The molecule has 0 heterocycles. The first-order valence-electron chi connectivity index (χ1n) is 12.6. The highest BCUT2D eigenvalue weighted by Crippen LogP contribution is 2.66. The highest BCUT2D eigenvalue weighted by atomic mass is 16.3. The van der Waals surface area contributed by atoms with Crippen LogP contribution in [0, 0.1) is 52.3 Å². The van der Waals surface area contributed by atoms with E-state index in [2.05, 4.69) is 46.8 Å². The zero-order valence-electron chi connectivity index (χ0n) is 19.3. The van der Waals surface area contributed by atoms with E-state index in [0.717, 1.165) is 54.3 Å². The van der Waals surface area contributed by atoms with Gasteiger partial charge >= 0.3 is 0 Å². The van der Waals surface area contributed by atoms with Gasteiger partial charge in [0.1, 0.15) is 0 Å². The zero-order chi connectivity index (χ0) is 20.1. The van der Waals surface area contributed by atoms with Gasteiger partial charge < -0.3 is 5.11 Å². The van der Waals surface area contributed by atoms with E-state index in [4.69, 9.17) is 0 Å². The topological polar surface area (TPSA) is 20.2 Å². The van der Waals surface area contributed by atoms with Gasteiger partial charge in [-0.25, -0.2) is 0 Å². The van der Waals surface area contributed by atoms with Crippen LogP contribution in [-0.4, -0.2) is 11.2 Å². The minimum atomic E-state index is -0.0223. The number of rotatable bonds is 5. The lowest BCUT2D eigenvalue weighted by atomic mass is 9.44. The molecule has 1 nitrogen and oxygen atoms in total. The maximum absolute atomic E-state index is 10.2. The molecule has 0 aromatic carbocycles. The third-order valence-corrected chi connectivity index (χ3v) is 10.3. The van der Waals surface area contributed by atoms with E-state index in [1.165, 1.54) is 51.4 Å². The Labute approximate surface area is 174 Å². The minimum Gasteiger partial charge on any atom is -0.393 e. The Bertz CT molecular complexity index is 579. The maximum atomic E-state index is 10.2. The number of allylic oxidation sites excluding steroid dienone is 2. The van der Waals surface area contributed by atoms with Gasteiger partial charge in [0.15, 0.2) is 0 Å². The molecule has 0 aromatic heterocycles. The molecule has 9 atom stereocenters. The summed E-state index contributed by atoms with van der Waals surface area (Å²) in [7, 11) is 0. The van der Waals surface area contributed by atoms with Crippen molar-refractivity contribution in [1.29, 1.82) is 0 Å². The molecule has 4 aliphatic carbocycles. The van der Waals surface area contributed by atoms with E-state index in [1.807, 2.05) is 0 Å². The Morgan fingerprint density at radius 1 is 0.929 bits per heavy atom. The summed E-state index contributed by atoms with van der Waals surface area (Å²) in [5, 5.41) is 10.2. The van der Waals surface area contributed by atoms with Crippen molar-refractivity contribution in [1.82, 2.24) is 0 Å². The summed E-state index contributed by atoms with van der Waals surface area (Å²) in [4.78, 5) is 0. The predicted molar refractivity (Wildman–Crippen MR) is 119 cm³/mol. The second-order valence-electron chi connectivity index (χ2n) is 12.3. The van der Waals surface area contributed by atoms with Crippen molar-refractivity contribution in [2.24, 2.45) is 52.3 Å². The van der Waals surface area contributed by atoms with Crippen molar-refractivity contribution in [3.63, 3.8) is 0 Å². The van der Waals surface area contributed by atoms with Gasteiger partial charge in [-0.2, -0.15) is 0 Å². The van der Waals surface area contributed by atoms with E-state index in [1.54, 1.807) is 0 Å². The quantitative estimate of drug-likeness (QED) is 0.493. The van der Waals surface area contributed by atoms with Crippen molar-refractivity contribution >= 4 is 0 Å². The fourth-order valence-corrected chi connectivity index (χ4v) is 8.59.